The molecule has 1 aromatic rings. The van der Waals surface area contributed by atoms with E-state index in [1.165, 1.54) is 0 Å². The third-order valence-corrected chi connectivity index (χ3v) is 4.64. The van der Waals surface area contributed by atoms with Crippen LogP contribution in [-0.2, 0) is 4.79 Å². The van der Waals surface area contributed by atoms with Gasteiger partial charge in [0, 0.05) is 32.6 Å². The number of hydrogen-bond acceptors (Lipinski definition) is 4. The van der Waals surface area contributed by atoms with Crippen molar-refractivity contribution >= 4 is 11.9 Å². The third-order valence-electron chi connectivity index (χ3n) is 4.64. The van der Waals surface area contributed by atoms with E-state index in [1.54, 1.807) is 6.26 Å². The van der Waals surface area contributed by atoms with Gasteiger partial charge in [0.05, 0.1) is 18.8 Å². The molecular weight excluding hydrogens is 342 g/mol. The van der Waals surface area contributed by atoms with E-state index < -0.39 is 0 Å². The number of furan rings is 1. The Morgan fingerprint density at radius 1 is 1.11 bits per heavy atom. The Hall–Kier alpha value is -2.02. The molecule has 0 bridgehead atoms. The highest BCUT2D eigenvalue weighted by Gasteiger charge is 2.20. The van der Waals surface area contributed by atoms with Crippen LogP contribution in [0.5, 0.6) is 0 Å². The minimum absolute atomic E-state index is 0.0998. The van der Waals surface area contributed by atoms with E-state index in [-0.39, 0.29) is 11.9 Å². The predicted molar refractivity (Wildman–Crippen MR) is 111 cm³/mol. The second-order valence-electron chi connectivity index (χ2n) is 6.21. The first kappa shape index (κ1) is 23.0. The van der Waals surface area contributed by atoms with Gasteiger partial charge in [-0.2, -0.15) is 0 Å². The zero-order chi connectivity index (χ0) is 20.1. The van der Waals surface area contributed by atoms with Gasteiger partial charge in [0.2, 0.25) is 5.91 Å². The molecule has 1 rings (SSSR count). The molecule has 0 aliphatic heterocycles. The van der Waals surface area contributed by atoms with Gasteiger partial charge in [-0.05, 0) is 46.0 Å². The highest BCUT2D eigenvalue weighted by Crippen LogP contribution is 2.21. The molecule has 2 N–H and O–H groups in total. The molecule has 0 saturated carbocycles. The SMILES string of the molecule is CCNC(=NCC(c1ccco1)N(CC)CC)NCCC(=O)N(CC)CC. The molecule has 0 aliphatic carbocycles. The molecule has 27 heavy (non-hydrogen) atoms. The molecule has 154 valence electrons. The summed E-state index contributed by atoms with van der Waals surface area (Å²) >= 11 is 0. The van der Waals surface area contributed by atoms with Gasteiger partial charge in [-0.25, -0.2) is 0 Å². The molecule has 0 aromatic carbocycles. The van der Waals surface area contributed by atoms with Crippen molar-refractivity contribution in [2.45, 2.75) is 47.1 Å². The summed E-state index contributed by atoms with van der Waals surface area (Å²) in [4.78, 5) is 21.1. The highest BCUT2D eigenvalue weighted by atomic mass is 16.3. The quantitative estimate of drug-likeness (QED) is 0.431. The van der Waals surface area contributed by atoms with Gasteiger partial charge in [-0.1, -0.05) is 13.8 Å². The van der Waals surface area contributed by atoms with Gasteiger partial charge in [-0.15, -0.1) is 0 Å². The number of nitrogens with zero attached hydrogens (tertiary/aromatic N) is 3. The van der Waals surface area contributed by atoms with Crippen molar-refractivity contribution in [1.29, 1.82) is 0 Å². The van der Waals surface area contributed by atoms with Gasteiger partial charge in [0.25, 0.3) is 0 Å². The fourth-order valence-electron chi connectivity index (χ4n) is 3.07. The second kappa shape index (κ2) is 13.2. The monoisotopic (exact) mass is 379 g/mol. The van der Waals surface area contributed by atoms with Crippen LogP contribution in [0.3, 0.4) is 0 Å². The summed E-state index contributed by atoms with van der Waals surface area (Å²) in [5, 5.41) is 6.53. The number of hydrogen-bond donors (Lipinski definition) is 2. The Labute approximate surface area is 164 Å². The summed E-state index contributed by atoms with van der Waals surface area (Å²) in [6.45, 7) is 15.6. The number of nitrogens with one attached hydrogen (secondary N) is 2. The van der Waals surface area contributed by atoms with Crippen LogP contribution in [0.15, 0.2) is 27.8 Å². The molecule has 1 heterocycles. The molecule has 0 fully saturated rings. The third kappa shape index (κ3) is 7.62. The van der Waals surface area contributed by atoms with Crippen molar-refractivity contribution in [3.05, 3.63) is 24.2 Å². The van der Waals surface area contributed by atoms with Crippen molar-refractivity contribution in [3.8, 4) is 0 Å². The number of rotatable bonds is 12. The molecular formula is C20H37N5O2. The number of carbonyl (C=O) groups is 1. The smallest absolute Gasteiger partial charge is 0.224 e. The maximum atomic E-state index is 12.1. The Kier molecular flexibility index (Phi) is 11.2. The van der Waals surface area contributed by atoms with E-state index in [9.17, 15) is 4.79 Å². The van der Waals surface area contributed by atoms with Crippen LogP contribution < -0.4 is 10.6 Å². The van der Waals surface area contributed by atoms with Crippen molar-refractivity contribution < 1.29 is 9.21 Å². The van der Waals surface area contributed by atoms with E-state index in [4.69, 9.17) is 9.41 Å². The second-order valence-corrected chi connectivity index (χ2v) is 6.21. The highest BCUT2D eigenvalue weighted by molar-refractivity contribution is 5.81. The van der Waals surface area contributed by atoms with E-state index >= 15 is 0 Å². The topological polar surface area (TPSA) is 73.1 Å². The molecule has 0 aliphatic rings. The normalized spacial score (nSPS) is 12.9. The Morgan fingerprint density at radius 2 is 1.81 bits per heavy atom. The van der Waals surface area contributed by atoms with E-state index in [0.29, 0.717) is 19.5 Å². The van der Waals surface area contributed by atoms with Crippen molar-refractivity contribution in [3.63, 3.8) is 0 Å². The van der Waals surface area contributed by atoms with Gasteiger partial charge in [0.1, 0.15) is 5.76 Å². The lowest BCUT2D eigenvalue weighted by molar-refractivity contribution is -0.130. The Morgan fingerprint density at radius 3 is 2.33 bits per heavy atom. The summed E-state index contributed by atoms with van der Waals surface area (Å²) < 4.78 is 5.63. The maximum Gasteiger partial charge on any atom is 0.224 e. The van der Waals surface area contributed by atoms with Crippen molar-refractivity contribution in [1.82, 2.24) is 20.4 Å². The largest absolute Gasteiger partial charge is 0.468 e. The van der Waals surface area contributed by atoms with Gasteiger partial charge < -0.3 is 20.0 Å². The first-order chi connectivity index (χ1) is 13.1. The van der Waals surface area contributed by atoms with Crippen LogP contribution in [0.25, 0.3) is 0 Å². The van der Waals surface area contributed by atoms with Crippen LogP contribution in [0.2, 0.25) is 0 Å². The molecule has 0 spiro atoms. The van der Waals surface area contributed by atoms with Gasteiger partial charge in [0.15, 0.2) is 5.96 Å². The lowest BCUT2D eigenvalue weighted by Crippen LogP contribution is -2.41. The van der Waals surface area contributed by atoms with Crippen molar-refractivity contribution in [2.75, 3.05) is 45.8 Å². The molecule has 7 nitrogen and oxygen atoms in total. The van der Waals surface area contributed by atoms with E-state index in [0.717, 1.165) is 44.4 Å². The fourth-order valence-corrected chi connectivity index (χ4v) is 3.07. The van der Waals surface area contributed by atoms with Crippen molar-refractivity contribution in [2.24, 2.45) is 4.99 Å². The van der Waals surface area contributed by atoms with Crippen LogP contribution in [0.4, 0.5) is 0 Å². The molecule has 1 aromatic heterocycles. The molecule has 0 saturated heterocycles. The zero-order valence-corrected chi connectivity index (χ0v) is 17.6. The van der Waals surface area contributed by atoms with E-state index in [1.807, 2.05) is 37.8 Å². The van der Waals surface area contributed by atoms with Crippen LogP contribution in [0.1, 0.15) is 52.8 Å². The molecule has 0 radical (unpaired) electrons. The minimum Gasteiger partial charge on any atom is -0.468 e. The number of guanidine groups is 1. The molecule has 1 amide bonds. The summed E-state index contributed by atoms with van der Waals surface area (Å²) in [6, 6.07) is 4.02. The average Bonchev–Trinajstić information content (AvgIpc) is 3.20. The van der Waals surface area contributed by atoms with Crippen LogP contribution >= 0.6 is 0 Å². The number of aliphatic imine (C=N–C) groups is 1. The Bertz CT molecular complexity index is 537. The fraction of sp³-hybridized carbons (Fsp3) is 0.700. The van der Waals surface area contributed by atoms with Gasteiger partial charge >= 0.3 is 0 Å². The molecule has 1 atom stereocenters. The van der Waals surface area contributed by atoms with Gasteiger partial charge in [-0.3, -0.25) is 14.7 Å². The number of amides is 1. The Balaban J connectivity index is 2.71. The first-order valence-corrected chi connectivity index (χ1v) is 10.2. The first-order valence-electron chi connectivity index (χ1n) is 10.2. The van der Waals surface area contributed by atoms with Crippen LogP contribution in [-0.4, -0.2) is 67.5 Å². The minimum atomic E-state index is 0.0998. The molecule has 7 heteroatoms. The maximum absolute atomic E-state index is 12.1. The van der Waals surface area contributed by atoms with E-state index in [2.05, 4.69) is 29.4 Å². The number of likely N-dealkylation sites (N-methyl/N-ethyl adjacent to an activating group) is 1. The lowest BCUT2D eigenvalue weighted by Gasteiger charge is -2.27. The summed E-state index contributed by atoms with van der Waals surface area (Å²) in [7, 11) is 0. The zero-order valence-electron chi connectivity index (χ0n) is 17.6. The summed E-state index contributed by atoms with van der Waals surface area (Å²) in [5.41, 5.74) is 0. The van der Waals surface area contributed by atoms with Crippen LogP contribution in [0, 0.1) is 0 Å². The standard InChI is InChI=1S/C20H37N5O2/c1-6-21-20(22-14-13-19(26)25(9-4)10-5)23-16-17(24(7-2)8-3)18-12-11-15-27-18/h11-12,15,17H,6-10,13-14,16H2,1-5H3,(H2,21,22,23). The molecule has 1 unspecified atom stereocenters. The lowest BCUT2D eigenvalue weighted by atomic mass is 10.2. The summed E-state index contributed by atoms with van der Waals surface area (Å²) in [5.74, 6) is 1.82. The predicted octanol–water partition coefficient (Wildman–Crippen LogP) is 2.48. The number of carbonyl (C=O) groups excluding carboxylic acids is 1. The average molecular weight is 380 g/mol. The summed E-state index contributed by atoms with van der Waals surface area (Å²) in [6.07, 6.45) is 2.17.